The van der Waals surface area contributed by atoms with Gasteiger partial charge in [0.25, 0.3) is 5.91 Å². The van der Waals surface area contributed by atoms with E-state index in [9.17, 15) is 4.79 Å². The van der Waals surface area contributed by atoms with Crippen molar-refractivity contribution in [2.24, 2.45) is 0 Å². The summed E-state index contributed by atoms with van der Waals surface area (Å²) in [4.78, 5) is 16.3. The Bertz CT molecular complexity index is 569. The molecule has 1 aromatic carbocycles. The van der Waals surface area contributed by atoms with Gasteiger partial charge in [0.2, 0.25) is 0 Å². The Labute approximate surface area is 123 Å². The fourth-order valence-electron chi connectivity index (χ4n) is 1.92. The molecule has 0 saturated carbocycles. The van der Waals surface area contributed by atoms with Gasteiger partial charge in [0, 0.05) is 30.6 Å². The van der Waals surface area contributed by atoms with Crippen molar-refractivity contribution < 1.29 is 9.53 Å². The van der Waals surface area contributed by atoms with Crippen LogP contribution in [0.5, 0.6) is 0 Å². The van der Waals surface area contributed by atoms with Crippen molar-refractivity contribution >= 4 is 28.3 Å². The first-order chi connectivity index (χ1) is 9.83. The third-order valence-electron chi connectivity index (χ3n) is 2.86. The number of amides is 1. The van der Waals surface area contributed by atoms with Gasteiger partial charge in [0.1, 0.15) is 5.69 Å². The summed E-state index contributed by atoms with van der Waals surface area (Å²) in [6.07, 6.45) is 2.41. The van der Waals surface area contributed by atoms with E-state index < -0.39 is 0 Å². The molecule has 0 saturated heterocycles. The van der Waals surface area contributed by atoms with E-state index in [4.69, 9.17) is 16.3 Å². The van der Waals surface area contributed by atoms with E-state index in [1.54, 1.807) is 6.20 Å². The second-order valence-corrected chi connectivity index (χ2v) is 4.67. The number of hydrogen-bond acceptors (Lipinski definition) is 3. The number of ether oxygens (including phenoxy) is 1. The summed E-state index contributed by atoms with van der Waals surface area (Å²) in [5, 5.41) is 4.73. The number of benzene rings is 1. The van der Waals surface area contributed by atoms with Gasteiger partial charge in [-0.1, -0.05) is 24.3 Å². The maximum absolute atomic E-state index is 12.1. The van der Waals surface area contributed by atoms with Crippen molar-refractivity contribution in [3.8, 4) is 0 Å². The van der Waals surface area contributed by atoms with Gasteiger partial charge in [-0.3, -0.25) is 9.78 Å². The number of carbonyl (C=O) groups is 1. The first-order valence-corrected chi connectivity index (χ1v) is 7.12. The summed E-state index contributed by atoms with van der Waals surface area (Å²) in [7, 11) is 0. The van der Waals surface area contributed by atoms with Crippen LogP contribution in [-0.4, -0.2) is 36.5 Å². The molecule has 0 radical (unpaired) electrons. The van der Waals surface area contributed by atoms with Crippen molar-refractivity contribution in [3.63, 3.8) is 0 Å². The largest absolute Gasteiger partial charge is 0.380 e. The highest BCUT2D eigenvalue weighted by molar-refractivity contribution is 6.17. The predicted molar refractivity (Wildman–Crippen MR) is 80.2 cm³/mol. The third kappa shape index (κ3) is 3.92. The van der Waals surface area contributed by atoms with Gasteiger partial charge < -0.3 is 10.1 Å². The minimum Gasteiger partial charge on any atom is -0.380 e. The zero-order valence-corrected chi connectivity index (χ0v) is 11.9. The Morgan fingerprint density at radius 1 is 1.25 bits per heavy atom. The SMILES string of the molecule is O=C(NCCCOCCCl)c1nccc2ccccc12. The van der Waals surface area contributed by atoms with E-state index >= 15 is 0 Å². The van der Waals surface area contributed by atoms with Crippen LogP contribution in [-0.2, 0) is 4.74 Å². The molecule has 0 unspecified atom stereocenters. The summed E-state index contributed by atoms with van der Waals surface area (Å²) in [6, 6.07) is 9.61. The summed E-state index contributed by atoms with van der Waals surface area (Å²) in [5.41, 5.74) is 0.463. The number of pyridine rings is 1. The lowest BCUT2D eigenvalue weighted by atomic mass is 10.1. The van der Waals surface area contributed by atoms with Gasteiger partial charge in [-0.2, -0.15) is 0 Å². The fraction of sp³-hybridized carbons (Fsp3) is 0.333. The molecule has 1 aromatic heterocycles. The van der Waals surface area contributed by atoms with Gasteiger partial charge >= 0.3 is 0 Å². The minimum absolute atomic E-state index is 0.154. The monoisotopic (exact) mass is 292 g/mol. The Morgan fingerprint density at radius 3 is 2.95 bits per heavy atom. The van der Waals surface area contributed by atoms with Gasteiger partial charge in [-0.25, -0.2) is 0 Å². The molecule has 1 N–H and O–H groups in total. The van der Waals surface area contributed by atoms with E-state index in [1.807, 2.05) is 30.3 Å². The van der Waals surface area contributed by atoms with Crippen LogP contribution >= 0.6 is 11.6 Å². The zero-order chi connectivity index (χ0) is 14.2. The lowest BCUT2D eigenvalue weighted by Crippen LogP contribution is -2.26. The number of aromatic nitrogens is 1. The standard InChI is InChI=1S/C15H17ClN2O2/c16-7-11-20-10-3-8-18-15(19)14-13-5-2-1-4-12(13)6-9-17-14/h1-2,4-6,9H,3,7-8,10-11H2,(H,18,19). The highest BCUT2D eigenvalue weighted by atomic mass is 35.5. The Kier molecular flexibility index (Phi) is 5.77. The number of hydrogen-bond donors (Lipinski definition) is 1. The number of fused-ring (bicyclic) bond motifs is 1. The van der Waals surface area contributed by atoms with Crippen LogP contribution in [0.4, 0.5) is 0 Å². The maximum Gasteiger partial charge on any atom is 0.270 e. The second kappa shape index (κ2) is 7.82. The molecule has 0 aliphatic rings. The molecular weight excluding hydrogens is 276 g/mol. The van der Waals surface area contributed by atoms with Crippen molar-refractivity contribution in [2.75, 3.05) is 25.6 Å². The van der Waals surface area contributed by atoms with Gasteiger partial charge in [0.05, 0.1) is 6.61 Å². The molecule has 0 aliphatic carbocycles. The van der Waals surface area contributed by atoms with Crippen molar-refractivity contribution in [2.45, 2.75) is 6.42 Å². The number of halogens is 1. The lowest BCUT2D eigenvalue weighted by molar-refractivity contribution is 0.0941. The molecule has 4 nitrogen and oxygen atoms in total. The molecule has 0 bridgehead atoms. The highest BCUT2D eigenvalue weighted by Crippen LogP contribution is 2.15. The normalized spacial score (nSPS) is 10.7. The van der Waals surface area contributed by atoms with E-state index in [2.05, 4.69) is 10.3 Å². The quantitative estimate of drug-likeness (QED) is 0.630. The lowest BCUT2D eigenvalue weighted by Gasteiger charge is -2.07. The average molecular weight is 293 g/mol. The number of carbonyl (C=O) groups excluding carboxylic acids is 1. The van der Waals surface area contributed by atoms with E-state index in [0.717, 1.165) is 17.2 Å². The molecule has 1 amide bonds. The summed E-state index contributed by atoms with van der Waals surface area (Å²) in [6.45, 7) is 1.70. The molecule has 0 atom stereocenters. The Hall–Kier alpha value is -1.65. The second-order valence-electron chi connectivity index (χ2n) is 4.29. The number of rotatable bonds is 7. The molecular formula is C15H17ClN2O2. The molecule has 1 heterocycles. The first-order valence-electron chi connectivity index (χ1n) is 6.58. The summed E-state index contributed by atoms with van der Waals surface area (Å²) >= 11 is 5.50. The zero-order valence-electron chi connectivity index (χ0n) is 11.1. The first kappa shape index (κ1) is 14.8. The number of nitrogens with one attached hydrogen (secondary N) is 1. The van der Waals surface area contributed by atoms with E-state index in [0.29, 0.717) is 31.3 Å². The van der Waals surface area contributed by atoms with Crippen LogP contribution in [0.25, 0.3) is 10.8 Å². The van der Waals surface area contributed by atoms with Gasteiger partial charge in [-0.05, 0) is 17.9 Å². The predicted octanol–water partition coefficient (Wildman–Crippen LogP) is 2.61. The van der Waals surface area contributed by atoms with Crippen LogP contribution in [0.3, 0.4) is 0 Å². The Balaban J connectivity index is 1.91. The smallest absolute Gasteiger partial charge is 0.270 e. The van der Waals surface area contributed by atoms with E-state index in [-0.39, 0.29) is 5.91 Å². The van der Waals surface area contributed by atoms with Crippen molar-refractivity contribution in [1.29, 1.82) is 0 Å². The number of nitrogens with zero attached hydrogens (tertiary/aromatic N) is 1. The summed E-state index contributed by atoms with van der Waals surface area (Å²) in [5.74, 6) is 0.339. The van der Waals surface area contributed by atoms with Crippen LogP contribution in [0.1, 0.15) is 16.9 Å². The molecule has 2 aromatic rings. The van der Waals surface area contributed by atoms with Gasteiger partial charge in [-0.15, -0.1) is 11.6 Å². The van der Waals surface area contributed by atoms with Crippen LogP contribution in [0.15, 0.2) is 36.5 Å². The third-order valence-corrected chi connectivity index (χ3v) is 3.02. The molecule has 2 rings (SSSR count). The molecule has 0 fully saturated rings. The maximum atomic E-state index is 12.1. The summed E-state index contributed by atoms with van der Waals surface area (Å²) < 4.78 is 5.24. The Morgan fingerprint density at radius 2 is 2.10 bits per heavy atom. The molecule has 5 heteroatoms. The molecule has 20 heavy (non-hydrogen) atoms. The van der Waals surface area contributed by atoms with Crippen molar-refractivity contribution in [1.82, 2.24) is 10.3 Å². The highest BCUT2D eigenvalue weighted by Gasteiger charge is 2.10. The van der Waals surface area contributed by atoms with Crippen LogP contribution in [0, 0.1) is 0 Å². The average Bonchev–Trinajstić information content (AvgIpc) is 2.50. The van der Waals surface area contributed by atoms with Crippen LogP contribution in [0.2, 0.25) is 0 Å². The number of alkyl halides is 1. The fourth-order valence-corrected chi connectivity index (χ4v) is 2.03. The minimum atomic E-state index is -0.154. The van der Waals surface area contributed by atoms with Crippen molar-refractivity contribution in [3.05, 3.63) is 42.2 Å². The van der Waals surface area contributed by atoms with Gasteiger partial charge in [0.15, 0.2) is 0 Å². The molecule has 0 spiro atoms. The topological polar surface area (TPSA) is 51.2 Å². The molecule has 0 aliphatic heterocycles. The van der Waals surface area contributed by atoms with E-state index in [1.165, 1.54) is 0 Å². The van der Waals surface area contributed by atoms with Crippen LogP contribution < -0.4 is 5.32 Å². The molecule has 106 valence electrons.